The Labute approximate surface area is 126 Å². The molecule has 106 valence electrons. The van der Waals surface area contributed by atoms with E-state index >= 15 is 0 Å². The van der Waals surface area contributed by atoms with Crippen LogP contribution < -0.4 is 5.32 Å². The molecule has 0 saturated heterocycles. The first-order chi connectivity index (χ1) is 8.77. The molecular weight excluding hydrogens is 333 g/mol. The molecule has 1 aromatic carbocycles. The highest BCUT2D eigenvalue weighted by Gasteiger charge is 2.20. The van der Waals surface area contributed by atoms with Gasteiger partial charge in [0.1, 0.15) is 4.90 Å². The highest BCUT2D eigenvalue weighted by molar-refractivity contribution is 8.13. The third-order valence-corrected chi connectivity index (χ3v) is 4.60. The molecule has 0 spiro atoms. The van der Waals surface area contributed by atoms with Crippen molar-refractivity contribution in [2.45, 2.75) is 24.7 Å². The Balaban J connectivity index is 3.11. The van der Waals surface area contributed by atoms with Crippen LogP contribution in [0.1, 0.15) is 30.1 Å². The average Bonchev–Trinajstić information content (AvgIpc) is 2.31. The third kappa shape index (κ3) is 4.53. The van der Waals surface area contributed by atoms with Gasteiger partial charge in [0.05, 0.1) is 10.0 Å². The van der Waals surface area contributed by atoms with E-state index in [1.54, 1.807) is 0 Å². The van der Waals surface area contributed by atoms with Gasteiger partial charge in [-0.1, -0.05) is 36.5 Å². The van der Waals surface area contributed by atoms with Crippen LogP contribution in [0.2, 0.25) is 10.0 Å². The predicted octanol–water partition coefficient (Wildman–Crippen LogP) is 3.45. The molecule has 0 bridgehead atoms. The van der Waals surface area contributed by atoms with Crippen LogP contribution in [-0.2, 0) is 9.05 Å². The molecule has 0 aliphatic heterocycles. The second kappa shape index (κ2) is 6.79. The Bertz CT molecular complexity index is 587. The topological polar surface area (TPSA) is 63.2 Å². The number of hydrogen-bond donors (Lipinski definition) is 1. The van der Waals surface area contributed by atoms with Gasteiger partial charge in [-0.15, -0.1) is 0 Å². The molecule has 8 heteroatoms. The highest BCUT2D eigenvalue weighted by atomic mass is 35.7. The van der Waals surface area contributed by atoms with Crippen LogP contribution in [0.4, 0.5) is 0 Å². The van der Waals surface area contributed by atoms with E-state index in [1.807, 2.05) is 6.92 Å². The van der Waals surface area contributed by atoms with Crippen molar-refractivity contribution >= 4 is 48.8 Å². The Morgan fingerprint density at radius 3 is 2.47 bits per heavy atom. The van der Waals surface area contributed by atoms with E-state index in [2.05, 4.69) is 5.32 Å². The van der Waals surface area contributed by atoms with Crippen LogP contribution in [0.5, 0.6) is 0 Å². The second-order valence-electron chi connectivity index (χ2n) is 3.82. The van der Waals surface area contributed by atoms with Crippen molar-refractivity contribution in [3.05, 3.63) is 27.7 Å². The molecule has 0 saturated carbocycles. The van der Waals surface area contributed by atoms with Crippen molar-refractivity contribution < 1.29 is 13.2 Å². The fourth-order valence-corrected chi connectivity index (χ4v) is 3.12. The Morgan fingerprint density at radius 1 is 1.32 bits per heavy atom. The van der Waals surface area contributed by atoms with Gasteiger partial charge in [-0.3, -0.25) is 4.79 Å². The minimum atomic E-state index is -4.06. The fourth-order valence-electron chi connectivity index (χ4n) is 1.35. The van der Waals surface area contributed by atoms with Gasteiger partial charge >= 0.3 is 0 Å². The van der Waals surface area contributed by atoms with Gasteiger partial charge in [0, 0.05) is 22.8 Å². The lowest BCUT2D eigenvalue weighted by atomic mass is 10.2. The fraction of sp³-hybridized carbons (Fsp3) is 0.364. The monoisotopic (exact) mass is 343 g/mol. The number of carbonyl (C=O) groups is 1. The van der Waals surface area contributed by atoms with Crippen molar-refractivity contribution in [2.24, 2.45) is 0 Å². The maximum absolute atomic E-state index is 11.8. The van der Waals surface area contributed by atoms with Gasteiger partial charge in [-0.05, 0) is 18.6 Å². The molecule has 19 heavy (non-hydrogen) atoms. The molecule has 4 nitrogen and oxygen atoms in total. The SMILES string of the molecule is CCCCNC(=O)c1cc(Cl)c(Cl)c(S(=O)(=O)Cl)c1. The summed E-state index contributed by atoms with van der Waals surface area (Å²) in [5.74, 6) is -0.423. The van der Waals surface area contributed by atoms with Gasteiger partial charge < -0.3 is 5.32 Å². The summed E-state index contributed by atoms with van der Waals surface area (Å²) in [5.41, 5.74) is 0.102. The van der Waals surface area contributed by atoms with E-state index in [-0.39, 0.29) is 20.5 Å². The Morgan fingerprint density at radius 2 is 1.95 bits per heavy atom. The number of amides is 1. The molecule has 0 atom stereocenters. The largest absolute Gasteiger partial charge is 0.352 e. The summed E-state index contributed by atoms with van der Waals surface area (Å²) < 4.78 is 22.7. The molecular formula is C11H12Cl3NO3S. The molecule has 1 N–H and O–H groups in total. The molecule has 1 amide bonds. The molecule has 0 fully saturated rings. The van der Waals surface area contributed by atoms with Gasteiger partial charge in [-0.2, -0.15) is 0 Å². The number of nitrogens with one attached hydrogen (secondary N) is 1. The minimum Gasteiger partial charge on any atom is -0.352 e. The zero-order valence-corrected chi connectivity index (χ0v) is 13.1. The second-order valence-corrected chi connectivity index (χ2v) is 7.14. The first-order valence-corrected chi connectivity index (χ1v) is 8.55. The summed E-state index contributed by atoms with van der Waals surface area (Å²) in [5, 5.41) is 2.42. The summed E-state index contributed by atoms with van der Waals surface area (Å²) in [6, 6.07) is 2.41. The standard InChI is InChI=1S/C11H12Cl3NO3S/c1-2-3-4-15-11(16)7-5-8(12)10(13)9(6-7)19(14,17)18/h5-6H,2-4H2,1H3,(H,15,16). The lowest BCUT2D eigenvalue weighted by molar-refractivity contribution is 0.0953. The number of rotatable bonds is 5. The van der Waals surface area contributed by atoms with E-state index in [0.29, 0.717) is 6.54 Å². The zero-order chi connectivity index (χ0) is 14.6. The van der Waals surface area contributed by atoms with Crippen molar-refractivity contribution in [2.75, 3.05) is 6.54 Å². The minimum absolute atomic E-state index is 0.0379. The molecule has 1 aromatic rings. The number of carbonyl (C=O) groups excluding carboxylic acids is 1. The van der Waals surface area contributed by atoms with E-state index in [0.717, 1.165) is 18.9 Å². The number of hydrogen-bond acceptors (Lipinski definition) is 3. The number of halogens is 3. The van der Waals surface area contributed by atoms with Crippen LogP contribution in [0.15, 0.2) is 17.0 Å². The quantitative estimate of drug-likeness (QED) is 0.657. The normalized spacial score (nSPS) is 11.4. The first kappa shape index (κ1) is 16.6. The summed E-state index contributed by atoms with van der Waals surface area (Å²) >= 11 is 11.5. The van der Waals surface area contributed by atoms with Crippen molar-refractivity contribution in [3.63, 3.8) is 0 Å². The molecule has 0 aromatic heterocycles. The average molecular weight is 345 g/mol. The van der Waals surface area contributed by atoms with Crippen molar-refractivity contribution in [1.82, 2.24) is 5.32 Å². The molecule has 0 aliphatic rings. The highest BCUT2D eigenvalue weighted by Crippen LogP contribution is 2.32. The predicted molar refractivity (Wildman–Crippen MR) is 76.7 cm³/mol. The van der Waals surface area contributed by atoms with Gasteiger partial charge in [0.25, 0.3) is 15.0 Å². The summed E-state index contributed by atoms with van der Waals surface area (Å²) in [7, 11) is 1.18. The Hall–Kier alpha value is -0.490. The van der Waals surface area contributed by atoms with Crippen LogP contribution in [0.25, 0.3) is 0 Å². The molecule has 1 rings (SSSR count). The van der Waals surface area contributed by atoms with E-state index in [4.69, 9.17) is 33.9 Å². The lowest BCUT2D eigenvalue weighted by Gasteiger charge is -2.08. The zero-order valence-electron chi connectivity index (χ0n) is 10.0. The summed E-state index contributed by atoms with van der Waals surface area (Å²) in [6.45, 7) is 2.49. The van der Waals surface area contributed by atoms with E-state index in [9.17, 15) is 13.2 Å². The van der Waals surface area contributed by atoms with Crippen LogP contribution in [-0.4, -0.2) is 20.9 Å². The maximum atomic E-state index is 11.8. The summed E-state index contributed by atoms with van der Waals surface area (Å²) in [6.07, 6.45) is 1.76. The van der Waals surface area contributed by atoms with Gasteiger partial charge in [0.15, 0.2) is 0 Å². The smallest absolute Gasteiger partial charge is 0.262 e. The molecule has 0 radical (unpaired) electrons. The van der Waals surface area contributed by atoms with Gasteiger partial charge in [0.2, 0.25) is 0 Å². The Kier molecular flexibility index (Phi) is 5.92. The molecule has 0 unspecified atom stereocenters. The number of benzene rings is 1. The van der Waals surface area contributed by atoms with E-state index in [1.165, 1.54) is 6.07 Å². The lowest BCUT2D eigenvalue weighted by Crippen LogP contribution is -2.24. The first-order valence-electron chi connectivity index (χ1n) is 5.49. The van der Waals surface area contributed by atoms with Gasteiger partial charge in [-0.25, -0.2) is 8.42 Å². The molecule has 0 aliphatic carbocycles. The van der Waals surface area contributed by atoms with Crippen LogP contribution in [0.3, 0.4) is 0 Å². The number of unbranched alkanes of at least 4 members (excludes halogenated alkanes) is 1. The van der Waals surface area contributed by atoms with E-state index < -0.39 is 15.0 Å². The van der Waals surface area contributed by atoms with Crippen LogP contribution in [0, 0.1) is 0 Å². The van der Waals surface area contributed by atoms with Crippen molar-refractivity contribution in [1.29, 1.82) is 0 Å². The third-order valence-electron chi connectivity index (χ3n) is 2.34. The van der Waals surface area contributed by atoms with Crippen molar-refractivity contribution in [3.8, 4) is 0 Å². The van der Waals surface area contributed by atoms with Crippen LogP contribution >= 0.6 is 33.9 Å². The molecule has 0 heterocycles. The maximum Gasteiger partial charge on any atom is 0.262 e. The summed E-state index contributed by atoms with van der Waals surface area (Å²) in [4.78, 5) is 11.4.